The Morgan fingerprint density at radius 3 is 2.87 bits per heavy atom. The Hall–Kier alpha value is -2.46. The maximum absolute atomic E-state index is 10.8. The zero-order valence-electron chi connectivity index (χ0n) is 13.2. The van der Waals surface area contributed by atoms with Crippen LogP contribution in [-0.4, -0.2) is 29.1 Å². The molecule has 0 spiro atoms. The summed E-state index contributed by atoms with van der Waals surface area (Å²) in [7, 11) is 1.58. The van der Waals surface area contributed by atoms with Gasteiger partial charge in [-0.05, 0) is 43.0 Å². The van der Waals surface area contributed by atoms with Gasteiger partial charge in [-0.1, -0.05) is 18.2 Å². The molecule has 23 heavy (non-hydrogen) atoms. The van der Waals surface area contributed by atoms with Crippen LogP contribution in [0.4, 0.5) is 0 Å². The van der Waals surface area contributed by atoms with Crippen molar-refractivity contribution in [2.75, 3.05) is 7.11 Å². The molecule has 0 bridgehead atoms. The van der Waals surface area contributed by atoms with Gasteiger partial charge >= 0.3 is 0 Å². The van der Waals surface area contributed by atoms with E-state index in [1.165, 1.54) is 16.5 Å². The molecular weight excluding hydrogens is 288 g/mol. The van der Waals surface area contributed by atoms with Crippen molar-refractivity contribution < 1.29 is 9.53 Å². The van der Waals surface area contributed by atoms with E-state index >= 15 is 0 Å². The summed E-state index contributed by atoms with van der Waals surface area (Å²) in [4.78, 5) is 15.1. The number of pyridine rings is 1. The van der Waals surface area contributed by atoms with Gasteiger partial charge in [0.05, 0.1) is 17.4 Å². The molecule has 3 rings (SSSR count). The zero-order chi connectivity index (χ0) is 16.1. The number of para-hydroxylation sites is 1. The van der Waals surface area contributed by atoms with E-state index in [9.17, 15) is 4.79 Å². The molecule has 1 unspecified atom stereocenters. The summed E-state index contributed by atoms with van der Waals surface area (Å²) in [5.41, 5.74) is 3.51. The lowest BCUT2D eigenvalue weighted by molar-refractivity contribution is -0.116. The Labute approximate surface area is 135 Å². The number of hydrogen-bond donors (Lipinski definition) is 0. The number of aryl methyl sites for hydroxylation is 1. The van der Waals surface area contributed by atoms with Gasteiger partial charge in [-0.25, -0.2) is 0 Å². The largest absolute Gasteiger partial charge is 0.374 e. The Balaban J connectivity index is 1.88. The monoisotopic (exact) mass is 308 g/mol. The van der Waals surface area contributed by atoms with Crippen LogP contribution in [0, 0.1) is 0 Å². The maximum Gasteiger partial charge on any atom is 0.148 e. The van der Waals surface area contributed by atoms with Crippen LogP contribution in [0.15, 0.2) is 55.0 Å². The van der Waals surface area contributed by atoms with Gasteiger partial charge in [0.15, 0.2) is 0 Å². The van der Waals surface area contributed by atoms with Gasteiger partial charge in [-0.15, -0.1) is 0 Å². The number of carbonyl (C=O) groups excluding carboxylic acids is 1. The number of fused-ring (bicyclic) bond motifs is 1. The van der Waals surface area contributed by atoms with Crippen LogP contribution >= 0.6 is 0 Å². The molecule has 0 N–H and O–H groups in total. The van der Waals surface area contributed by atoms with E-state index in [-0.39, 0.29) is 6.10 Å². The Bertz CT molecular complexity index is 780. The molecule has 0 fully saturated rings. The van der Waals surface area contributed by atoms with E-state index in [2.05, 4.69) is 40.0 Å². The normalized spacial score (nSPS) is 12.4. The topological polar surface area (TPSA) is 44.1 Å². The SMILES string of the molecule is COC(C=O)CCCc1cn(-c2cccnc2)c2ccccc12. The first-order chi connectivity index (χ1) is 11.3. The fourth-order valence-electron chi connectivity index (χ4n) is 2.89. The van der Waals surface area contributed by atoms with E-state index in [0.717, 1.165) is 31.2 Å². The molecular formula is C19H20N2O2. The second-order valence-electron chi connectivity index (χ2n) is 5.56. The van der Waals surface area contributed by atoms with Crippen molar-refractivity contribution >= 4 is 17.2 Å². The van der Waals surface area contributed by atoms with Crippen molar-refractivity contribution in [3.63, 3.8) is 0 Å². The molecule has 0 saturated carbocycles. The molecule has 2 heterocycles. The lowest BCUT2D eigenvalue weighted by Gasteiger charge is -2.07. The number of benzene rings is 1. The van der Waals surface area contributed by atoms with E-state index in [1.54, 1.807) is 13.3 Å². The molecule has 0 saturated heterocycles. The summed E-state index contributed by atoms with van der Waals surface area (Å²) in [5.74, 6) is 0. The number of methoxy groups -OCH3 is 1. The highest BCUT2D eigenvalue weighted by Crippen LogP contribution is 2.26. The molecule has 0 aliphatic heterocycles. The van der Waals surface area contributed by atoms with E-state index in [1.807, 2.05) is 18.3 Å². The number of rotatable bonds is 7. The van der Waals surface area contributed by atoms with Crippen LogP contribution in [0.1, 0.15) is 18.4 Å². The summed E-state index contributed by atoms with van der Waals surface area (Å²) in [5, 5.41) is 1.25. The van der Waals surface area contributed by atoms with Crippen molar-refractivity contribution in [3.8, 4) is 5.69 Å². The summed E-state index contributed by atoms with van der Waals surface area (Å²) in [6, 6.07) is 12.4. The number of nitrogens with zero attached hydrogens (tertiary/aromatic N) is 2. The van der Waals surface area contributed by atoms with Crippen LogP contribution < -0.4 is 0 Å². The van der Waals surface area contributed by atoms with Gasteiger partial charge in [0.1, 0.15) is 12.4 Å². The quantitative estimate of drug-likeness (QED) is 0.627. The van der Waals surface area contributed by atoms with Gasteiger partial charge in [0.25, 0.3) is 0 Å². The van der Waals surface area contributed by atoms with Crippen LogP contribution in [0.2, 0.25) is 0 Å². The van der Waals surface area contributed by atoms with Crippen molar-refractivity contribution in [1.82, 2.24) is 9.55 Å². The van der Waals surface area contributed by atoms with Crippen LogP contribution in [0.5, 0.6) is 0 Å². The average Bonchev–Trinajstić information content (AvgIpc) is 2.98. The lowest BCUT2D eigenvalue weighted by atomic mass is 10.1. The molecule has 4 nitrogen and oxygen atoms in total. The second-order valence-corrected chi connectivity index (χ2v) is 5.56. The first-order valence-electron chi connectivity index (χ1n) is 7.81. The van der Waals surface area contributed by atoms with Gasteiger partial charge in [0, 0.05) is 24.9 Å². The summed E-state index contributed by atoms with van der Waals surface area (Å²) in [6.45, 7) is 0. The number of hydrogen-bond acceptors (Lipinski definition) is 3. The highest BCUT2D eigenvalue weighted by Gasteiger charge is 2.11. The Kier molecular flexibility index (Phi) is 4.83. The maximum atomic E-state index is 10.8. The van der Waals surface area contributed by atoms with Gasteiger partial charge in [0.2, 0.25) is 0 Å². The molecule has 0 aliphatic rings. The molecule has 0 amide bonds. The second kappa shape index (κ2) is 7.20. The molecule has 4 heteroatoms. The fourth-order valence-corrected chi connectivity index (χ4v) is 2.89. The summed E-state index contributed by atoms with van der Waals surface area (Å²) >= 11 is 0. The first-order valence-corrected chi connectivity index (χ1v) is 7.81. The molecule has 1 aromatic carbocycles. The fraction of sp³-hybridized carbons (Fsp3) is 0.263. The molecule has 118 valence electrons. The highest BCUT2D eigenvalue weighted by molar-refractivity contribution is 5.85. The standard InChI is InChI=1S/C19H20N2O2/c1-23-17(14-22)8-4-6-15-13-21(16-7-5-11-20-12-16)19-10-3-2-9-18(15)19/h2-3,5,7,9-14,17H,4,6,8H2,1H3. The van der Waals surface area contributed by atoms with Crippen molar-refractivity contribution in [2.45, 2.75) is 25.4 Å². The van der Waals surface area contributed by atoms with Crippen LogP contribution in [0.3, 0.4) is 0 Å². The molecule has 1 atom stereocenters. The summed E-state index contributed by atoms with van der Waals surface area (Å²) < 4.78 is 7.29. The average molecular weight is 308 g/mol. The van der Waals surface area contributed by atoms with E-state index in [0.29, 0.717) is 0 Å². The Morgan fingerprint density at radius 2 is 2.13 bits per heavy atom. The summed E-state index contributed by atoms with van der Waals surface area (Å²) in [6.07, 6.45) is 8.96. The van der Waals surface area contributed by atoms with Crippen molar-refractivity contribution in [2.24, 2.45) is 0 Å². The predicted molar refractivity (Wildman–Crippen MR) is 90.9 cm³/mol. The minimum absolute atomic E-state index is 0.304. The highest BCUT2D eigenvalue weighted by atomic mass is 16.5. The number of aldehydes is 1. The minimum Gasteiger partial charge on any atom is -0.374 e. The Morgan fingerprint density at radius 1 is 1.26 bits per heavy atom. The first kappa shape index (κ1) is 15.4. The van der Waals surface area contributed by atoms with Crippen LogP contribution in [-0.2, 0) is 16.0 Å². The third-order valence-corrected chi connectivity index (χ3v) is 4.11. The van der Waals surface area contributed by atoms with Gasteiger partial charge in [-0.3, -0.25) is 4.98 Å². The number of aromatic nitrogens is 2. The van der Waals surface area contributed by atoms with Gasteiger partial charge < -0.3 is 14.1 Å². The molecule has 2 aromatic heterocycles. The van der Waals surface area contributed by atoms with Gasteiger partial charge in [-0.2, -0.15) is 0 Å². The van der Waals surface area contributed by atoms with Crippen LogP contribution in [0.25, 0.3) is 16.6 Å². The number of ether oxygens (including phenoxy) is 1. The third-order valence-electron chi connectivity index (χ3n) is 4.11. The smallest absolute Gasteiger partial charge is 0.148 e. The molecule has 3 aromatic rings. The van der Waals surface area contributed by atoms with E-state index < -0.39 is 0 Å². The minimum atomic E-state index is -0.304. The number of carbonyl (C=O) groups is 1. The van der Waals surface area contributed by atoms with Crippen molar-refractivity contribution in [1.29, 1.82) is 0 Å². The molecule has 0 aliphatic carbocycles. The predicted octanol–water partition coefficient (Wildman–Crippen LogP) is 3.56. The third kappa shape index (κ3) is 3.32. The lowest BCUT2D eigenvalue weighted by Crippen LogP contribution is -2.11. The molecule has 0 radical (unpaired) electrons. The van der Waals surface area contributed by atoms with Crippen molar-refractivity contribution in [3.05, 3.63) is 60.6 Å². The van der Waals surface area contributed by atoms with E-state index in [4.69, 9.17) is 4.74 Å². The zero-order valence-corrected chi connectivity index (χ0v) is 13.2.